The second-order valence-corrected chi connectivity index (χ2v) is 5.74. The molecule has 0 aromatic heterocycles. The zero-order valence-corrected chi connectivity index (χ0v) is 13.0. The van der Waals surface area contributed by atoms with Crippen LogP contribution in [-0.4, -0.2) is 18.7 Å². The van der Waals surface area contributed by atoms with E-state index in [0.717, 1.165) is 16.3 Å². The fraction of sp³-hybridized carbons (Fsp3) is 0.200. The van der Waals surface area contributed by atoms with Crippen molar-refractivity contribution < 1.29 is 9.50 Å². The van der Waals surface area contributed by atoms with Crippen LogP contribution in [0.1, 0.15) is 23.1 Å². The van der Waals surface area contributed by atoms with E-state index in [4.69, 9.17) is 0 Å². The third kappa shape index (κ3) is 3.26. The molecule has 2 atom stereocenters. The molecule has 2 nitrogen and oxygen atoms in total. The quantitative estimate of drug-likeness (QED) is 0.746. The Balaban J connectivity index is 2.01. The summed E-state index contributed by atoms with van der Waals surface area (Å²) in [6.45, 7) is 0.563. The Hall–Kier alpha value is -2.23. The fourth-order valence-electron chi connectivity index (χ4n) is 3.00. The predicted octanol–water partition coefficient (Wildman–Crippen LogP) is 4.02. The summed E-state index contributed by atoms with van der Waals surface area (Å²) >= 11 is 0. The summed E-state index contributed by atoms with van der Waals surface area (Å²) in [6, 6.07) is 20.6. The van der Waals surface area contributed by atoms with Crippen molar-refractivity contribution in [2.75, 3.05) is 13.6 Å². The summed E-state index contributed by atoms with van der Waals surface area (Å²) in [5, 5.41) is 16.1. The van der Waals surface area contributed by atoms with Crippen molar-refractivity contribution in [2.45, 2.75) is 12.0 Å². The Bertz CT molecular complexity index is 802. The summed E-state index contributed by atoms with van der Waals surface area (Å²) in [6.07, 6.45) is -0.898. The number of hydrogen-bond donors (Lipinski definition) is 2. The normalized spacial score (nSPS) is 13.9. The summed E-state index contributed by atoms with van der Waals surface area (Å²) in [5.74, 6) is -0.594. The number of halogens is 1. The molecule has 0 aliphatic rings. The van der Waals surface area contributed by atoms with Crippen molar-refractivity contribution in [3.63, 3.8) is 0 Å². The van der Waals surface area contributed by atoms with E-state index in [1.54, 1.807) is 18.2 Å². The molecule has 1 unspecified atom stereocenters. The molecule has 3 aromatic rings. The van der Waals surface area contributed by atoms with Crippen LogP contribution in [0.3, 0.4) is 0 Å². The van der Waals surface area contributed by atoms with Gasteiger partial charge in [0.1, 0.15) is 5.82 Å². The number of hydrogen-bond acceptors (Lipinski definition) is 2. The number of fused-ring (bicyclic) bond motifs is 1. The van der Waals surface area contributed by atoms with Gasteiger partial charge in [0.15, 0.2) is 0 Å². The Morgan fingerprint density at radius 3 is 2.39 bits per heavy atom. The molecule has 3 heteroatoms. The van der Waals surface area contributed by atoms with Crippen molar-refractivity contribution in [2.24, 2.45) is 0 Å². The highest BCUT2D eigenvalue weighted by molar-refractivity contribution is 5.83. The van der Waals surface area contributed by atoms with E-state index in [1.807, 2.05) is 37.4 Å². The zero-order valence-electron chi connectivity index (χ0n) is 13.0. The molecule has 118 valence electrons. The Morgan fingerprint density at radius 1 is 0.957 bits per heavy atom. The molecule has 0 radical (unpaired) electrons. The van der Waals surface area contributed by atoms with Gasteiger partial charge in [-0.05, 0) is 29.4 Å². The van der Waals surface area contributed by atoms with Crippen LogP contribution in [-0.2, 0) is 0 Å². The van der Waals surface area contributed by atoms with Crippen LogP contribution >= 0.6 is 0 Å². The fourth-order valence-corrected chi connectivity index (χ4v) is 3.00. The van der Waals surface area contributed by atoms with Crippen LogP contribution in [0.4, 0.5) is 4.39 Å². The molecule has 2 N–H and O–H groups in total. The van der Waals surface area contributed by atoms with Gasteiger partial charge in [-0.15, -0.1) is 0 Å². The van der Waals surface area contributed by atoms with E-state index in [9.17, 15) is 9.50 Å². The van der Waals surface area contributed by atoms with Crippen molar-refractivity contribution in [3.8, 4) is 0 Å². The van der Waals surface area contributed by atoms with E-state index in [0.29, 0.717) is 12.1 Å². The SMILES string of the molecule is CNCC(c1ccc2ccccc2c1)[C@H](O)c1ccccc1F. The topological polar surface area (TPSA) is 32.3 Å². The minimum absolute atomic E-state index is 0.221. The molecule has 3 rings (SSSR count). The first kappa shape index (κ1) is 15.7. The molecule has 0 amide bonds. The van der Waals surface area contributed by atoms with Crippen LogP contribution < -0.4 is 5.32 Å². The Kier molecular flexibility index (Phi) is 4.70. The van der Waals surface area contributed by atoms with Gasteiger partial charge in [-0.2, -0.15) is 0 Å². The molecular weight excluding hydrogens is 289 g/mol. The minimum atomic E-state index is -0.898. The van der Waals surface area contributed by atoms with Crippen LogP contribution in [0.25, 0.3) is 10.8 Å². The maximum Gasteiger partial charge on any atom is 0.129 e. The predicted molar refractivity (Wildman–Crippen MR) is 92.0 cm³/mol. The molecule has 0 saturated carbocycles. The van der Waals surface area contributed by atoms with E-state index in [-0.39, 0.29) is 11.7 Å². The molecule has 0 saturated heterocycles. The van der Waals surface area contributed by atoms with Gasteiger partial charge in [-0.3, -0.25) is 0 Å². The summed E-state index contributed by atoms with van der Waals surface area (Å²) in [4.78, 5) is 0. The smallest absolute Gasteiger partial charge is 0.129 e. The van der Waals surface area contributed by atoms with Gasteiger partial charge in [0.25, 0.3) is 0 Å². The summed E-state index contributed by atoms with van der Waals surface area (Å²) in [7, 11) is 1.84. The largest absolute Gasteiger partial charge is 0.388 e. The lowest BCUT2D eigenvalue weighted by Gasteiger charge is -2.24. The zero-order chi connectivity index (χ0) is 16.2. The summed E-state index contributed by atoms with van der Waals surface area (Å²) < 4.78 is 14.0. The highest BCUT2D eigenvalue weighted by Gasteiger charge is 2.24. The van der Waals surface area contributed by atoms with Gasteiger partial charge in [-0.25, -0.2) is 4.39 Å². The van der Waals surface area contributed by atoms with E-state index >= 15 is 0 Å². The molecule has 0 heterocycles. The minimum Gasteiger partial charge on any atom is -0.388 e. The average Bonchev–Trinajstić information content (AvgIpc) is 2.59. The Labute approximate surface area is 135 Å². The standard InChI is InChI=1S/C20H20FNO/c1-22-13-18(20(23)17-8-4-5-9-19(17)21)16-11-10-14-6-2-3-7-15(14)12-16/h2-12,18,20,22-23H,13H2,1H3/t18?,20-/m1/s1. The van der Waals surface area contributed by atoms with Gasteiger partial charge in [0.05, 0.1) is 6.10 Å². The molecule has 0 bridgehead atoms. The maximum absolute atomic E-state index is 14.0. The van der Waals surface area contributed by atoms with Gasteiger partial charge >= 0.3 is 0 Å². The van der Waals surface area contributed by atoms with Gasteiger partial charge in [-0.1, -0.05) is 60.7 Å². The first-order chi connectivity index (χ1) is 11.2. The maximum atomic E-state index is 14.0. The van der Waals surface area contributed by atoms with Crippen LogP contribution in [0.5, 0.6) is 0 Å². The molecule has 3 aromatic carbocycles. The van der Waals surface area contributed by atoms with Crippen molar-refractivity contribution in [3.05, 3.63) is 83.7 Å². The van der Waals surface area contributed by atoms with Gasteiger partial charge in [0.2, 0.25) is 0 Å². The molecule has 0 aliphatic carbocycles. The first-order valence-electron chi connectivity index (χ1n) is 7.76. The van der Waals surface area contributed by atoms with Gasteiger partial charge in [0, 0.05) is 18.0 Å². The van der Waals surface area contributed by atoms with Crippen molar-refractivity contribution in [1.29, 1.82) is 0 Å². The number of aliphatic hydroxyl groups excluding tert-OH is 1. The monoisotopic (exact) mass is 309 g/mol. The molecular formula is C20H20FNO. The van der Waals surface area contributed by atoms with E-state index in [2.05, 4.69) is 17.4 Å². The number of benzene rings is 3. The van der Waals surface area contributed by atoms with Crippen LogP contribution in [0, 0.1) is 5.82 Å². The second-order valence-electron chi connectivity index (χ2n) is 5.74. The molecule has 23 heavy (non-hydrogen) atoms. The summed E-state index contributed by atoms with van der Waals surface area (Å²) in [5.41, 5.74) is 1.33. The second kappa shape index (κ2) is 6.90. The highest BCUT2D eigenvalue weighted by atomic mass is 19.1. The molecule has 0 spiro atoms. The third-order valence-corrected chi connectivity index (χ3v) is 4.23. The van der Waals surface area contributed by atoms with Crippen molar-refractivity contribution >= 4 is 10.8 Å². The number of rotatable bonds is 5. The third-order valence-electron chi connectivity index (χ3n) is 4.23. The lowest BCUT2D eigenvalue weighted by atomic mass is 9.87. The lowest BCUT2D eigenvalue weighted by molar-refractivity contribution is 0.140. The molecule has 0 aliphatic heterocycles. The molecule has 0 fully saturated rings. The van der Waals surface area contributed by atoms with E-state index in [1.165, 1.54) is 6.07 Å². The lowest BCUT2D eigenvalue weighted by Crippen LogP contribution is -2.23. The average molecular weight is 309 g/mol. The first-order valence-corrected chi connectivity index (χ1v) is 7.76. The van der Waals surface area contributed by atoms with Crippen LogP contribution in [0.2, 0.25) is 0 Å². The number of nitrogens with one attached hydrogen (secondary N) is 1. The Morgan fingerprint density at radius 2 is 1.65 bits per heavy atom. The number of aliphatic hydroxyl groups is 1. The number of likely N-dealkylation sites (N-methyl/N-ethyl adjacent to an activating group) is 1. The van der Waals surface area contributed by atoms with E-state index < -0.39 is 6.10 Å². The van der Waals surface area contributed by atoms with Gasteiger partial charge < -0.3 is 10.4 Å². The van der Waals surface area contributed by atoms with Crippen LogP contribution in [0.15, 0.2) is 66.7 Å². The highest BCUT2D eigenvalue weighted by Crippen LogP contribution is 2.33. The van der Waals surface area contributed by atoms with Crippen molar-refractivity contribution in [1.82, 2.24) is 5.32 Å².